The Labute approximate surface area is 120 Å². The highest BCUT2D eigenvalue weighted by atomic mass is 16.1. The van der Waals surface area contributed by atoms with Crippen molar-refractivity contribution in [2.75, 3.05) is 5.32 Å². The van der Waals surface area contributed by atoms with Crippen molar-refractivity contribution in [2.45, 2.75) is 6.92 Å². The molecule has 0 unspecified atom stereocenters. The van der Waals surface area contributed by atoms with E-state index in [4.69, 9.17) is 0 Å². The maximum Gasteiger partial charge on any atom is 0.259 e. The van der Waals surface area contributed by atoms with E-state index in [0.717, 1.165) is 5.69 Å². The molecule has 3 heterocycles. The fourth-order valence-electron chi connectivity index (χ4n) is 1.71. The molecule has 3 aromatic rings. The van der Waals surface area contributed by atoms with Crippen LogP contribution in [-0.2, 0) is 0 Å². The van der Waals surface area contributed by atoms with E-state index in [1.807, 2.05) is 19.1 Å². The first-order chi connectivity index (χ1) is 10.2. The summed E-state index contributed by atoms with van der Waals surface area (Å²) in [5, 5.41) is 9.29. The number of aromatic amines is 1. The summed E-state index contributed by atoms with van der Waals surface area (Å²) in [4.78, 5) is 24.4. The fourth-order valence-corrected chi connectivity index (χ4v) is 1.71. The van der Waals surface area contributed by atoms with Crippen molar-refractivity contribution in [3.05, 3.63) is 54.0 Å². The summed E-state index contributed by atoms with van der Waals surface area (Å²) in [6, 6.07) is 8.93. The summed E-state index contributed by atoms with van der Waals surface area (Å²) in [7, 11) is 0. The zero-order chi connectivity index (χ0) is 14.7. The van der Waals surface area contributed by atoms with E-state index >= 15 is 0 Å². The Balaban J connectivity index is 1.75. The largest absolute Gasteiger partial charge is 0.289 e. The highest BCUT2D eigenvalue weighted by molar-refractivity contribution is 6.03. The highest BCUT2D eigenvalue weighted by Gasteiger charge is 2.11. The summed E-state index contributed by atoms with van der Waals surface area (Å²) < 4.78 is 0. The van der Waals surface area contributed by atoms with Crippen molar-refractivity contribution in [2.24, 2.45) is 0 Å². The molecule has 0 spiro atoms. The van der Waals surface area contributed by atoms with E-state index < -0.39 is 0 Å². The van der Waals surface area contributed by atoms with Crippen LogP contribution in [0, 0.1) is 6.92 Å². The first-order valence-corrected chi connectivity index (χ1v) is 6.30. The lowest BCUT2D eigenvalue weighted by Gasteiger charge is -2.00. The van der Waals surface area contributed by atoms with Gasteiger partial charge in [-0.1, -0.05) is 6.07 Å². The standard InChI is InChI=1S/C14H12N6O/c1-9-5-6-10(8-16-9)13(21)18-14-17-12(19-20-14)11-4-2-3-7-15-11/h2-8H,1H3,(H2,17,18,19,20,21). The van der Waals surface area contributed by atoms with Crippen molar-refractivity contribution in [1.82, 2.24) is 25.1 Å². The molecule has 0 bridgehead atoms. The molecule has 0 aliphatic heterocycles. The Bertz CT molecular complexity index is 751. The SMILES string of the molecule is Cc1ccc(C(=O)Nc2n[nH]c(-c3ccccn3)n2)cn1. The maximum absolute atomic E-state index is 12.0. The number of hydrogen-bond donors (Lipinski definition) is 2. The number of carbonyl (C=O) groups is 1. The Morgan fingerprint density at radius 3 is 2.81 bits per heavy atom. The molecule has 104 valence electrons. The van der Waals surface area contributed by atoms with Gasteiger partial charge in [-0.05, 0) is 31.2 Å². The lowest BCUT2D eigenvalue weighted by atomic mass is 10.2. The summed E-state index contributed by atoms with van der Waals surface area (Å²) in [5.74, 6) is 0.378. The molecule has 2 N–H and O–H groups in total. The molecule has 0 saturated heterocycles. The topological polar surface area (TPSA) is 96.5 Å². The van der Waals surface area contributed by atoms with Gasteiger partial charge in [-0.25, -0.2) is 0 Å². The number of aryl methyl sites for hydroxylation is 1. The van der Waals surface area contributed by atoms with Crippen LogP contribution in [0.2, 0.25) is 0 Å². The quantitative estimate of drug-likeness (QED) is 0.762. The second-order valence-electron chi connectivity index (χ2n) is 4.36. The van der Waals surface area contributed by atoms with Gasteiger partial charge in [0.05, 0.1) is 5.56 Å². The van der Waals surface area contributed by atoms with Crippen LogP contribution >= 0.6 is 0 Å². The third-order valence-electron chi connectivity index (χ3n) is 2.79. The second-order valence-corrected chi connectivity index (χ2v) is 4.36. The number of rotatable bonds is 3. The molecule has 1 amide bonds. The minimum Gasteiger partial charge on any atom is -0.289 e. The molecule has 0 fully saturated rings. The molecule has 0 aliphatic carbocycles. The molecule has 3 rings (SSSR count). The van der Waals surface area contributed by atoms with Gasteiger partial charge in [0, 0.05) is 18.1 Å². The van der Waals surface area contributed by atoms with Gasteiger partial charge in [-0.2, -0.15) is 4.98 Å². The number of anilines is 1. The van der Waals surface area contributed by atoms with Gasteiger partial charge in [-0.15, -0.1) is 5.10 Å². The number of aromatic nitrogens is 5. The van der Waals surface area contributed by atoms with Crippen molar-refractivity contribution < 1.29 is 4.79 Å². The average Bonchev–Trinajstić information content (AvgIpc) is 2.97. The molecule has 0 saturated carbocycles. The van der Waals surface area contributed by atoms with Gasteiger partial charge in [0.25, 0.3) is 5.91 Å². The fraction of sp³-hybridized carbons (Fsp3) is 0.0714. The maximum atomic E-state index is 12.0. The van der Waals surface area contributed by atoms with E-state index in [2.05, 4.69) is 30.5 Å². The third-order valence-corrected chi connectivity index (χ3v) is 2.79. The van der Waals surface area contributed by atoms with E-state index in [0.29, 0.717) is 17.1 Å². The summed E-state index contributed by atoms with van der Waals surface area (Å²) >= 11 is 0. The molecule has 21 heavy (non-hydrogen) atoms. The van der Waals surface area contributed by atoms with Crippen LogP contribution in [0.15, 0.2) is 42.7 Å². The molecule has 7 nitrogen and oxygen atoms in total. The lowest BCUT2D eigenvalue weighted by molar-refractivity contribution is 0.102. The molecule has 0 aromatic carbocycles. The lowest BCUT2D eigenvalue weighted by Crippen LogP contribution is -2.13. The second kappa shape index (κ2) is 5.49. The average molecular weight is 280 g/mol. The first kappa shape index (κ1) is 12.9. The van der Waals surface area contributed by atoms with Crippen LogP contribution in [0.25, 0.3) is 11.5 Å². The highest BCUT2D eigenvalue weighted by Crippen LogP contribution is 2.12. The van der Waals surface area contributed by atoms with Crippen LogP contribution in [0.5, 0.6) is 0 Å². The number of amides is 1. The van der Waals surface area contributed by atoms with Gasteiger partial charge < -0.3 is 0 Å². The summed E-state index contributed by atoms with van der Waals surface area (Å²) in [5.41, 5.74) is 1.95. The normalized spacial score (nSPS) is 10.3. The molecule has 0 aliphatic rings. The van der Waals surface area contributed by atoms with Crippen molar-refractivity contribution in [1.29, 1.82) is 0 Å². The number of H-pyrrole nitrogens is 1. The number of carbonyl (C=O) groups excluding carboxylic acids is 1. The van der Waals surface area contributed by atoms with E-state index in [-0.39, 0.29) is 11.9 Å². The Morgan fingerprint density at radius 1 is 1.19 bits per heavy atom. The predicted molar refractivity (Wildman–Crippen MR) is 76.5 cm³/mol. The number of hydrogen-bond acceptors (Lipinski definition) is 5. The molecule has 0 radical (unpaired) electrons. The van der Waals surface area contributed by atoms with E-state index in [1.54, 1.807) is 24.4 Å². The molecular weight excluding hydrogens is 268 g/mol. The number of nitrogens with one attached hydrogen (secondary N) is 2. The van der Waals surface area contributed by atoms with Crippen molar-refractivity contribution in [3.8, 4) is 11.5 Å². The molecule has 0 atom stereocenters. The van der Waals surface area contributed by atoms with Gasteiger partial charge in [0.2, 0.25) is 5.95 Å². The number of pyridine rings is 2. The summed E-state index contributed by atoms with van der Waals surface area (Å²) in [6.07, 6.45) is 3.17. The Hall–Kier alpha value is -3.09. The third kappa shape index (κ3) is 2.92. The molecule has 3 aromatic heterocycles. The number of nitrogens with zero attached hydrogens (tertiary/aromatic N) is 4. The van der Waals surface area contributed by atoms with Crippen molar-refractivity contribution in [3.63, 3.8) is 0 Å². The van der Waals surface area contributed by atoms with Gasteiger partial charge in [0.15, 0.2) is 5.82 Å². The monoisotopic (exact) mass is 280 g/mol. The smallest absolute Gasteiger partial charge is 0.259 e. The minimum atomic E-state index is -0.311. The zero-order valence-corrected chi connectivity index (χ0v) is 11.2. The minimum absolute atomic E-state index is 0.196. The van der Waals surface area contributed by atoms with Crippen LogP contribution in [0.3, 0.4) is 0 Å². The van der Waals surface area contributed by atoms with Crippen LogP contribution in [-0.4, -0.2) is 31.1 Å². The zero-order valence-electron chi connectivity index (χ0n) is 11.2. The van der Waals surface area contributed by atoms with Crippen LogP contribution < -0.4 is 5.32 Å². The van der Waals surface area contributed by atoms with Crippen molar-refractivity contribution >= 4 is 11.9 Å². The van der Waals surface area contributed by atoms with E-state index in [1.165, 1.54) is 6.20 Å². The molecular formula is C14H12N6O. The van der Waals surface area contributed by atoms with Crippen LogP contribution in [0.4, 0.5) is 5.95 Å². The van der Waals surface area contributed by atoms with Gasteiger partial charge >= 0.3 is 0 Å². The van der Waals surface area contributed by atoms with Gasteiger partial charge in [-0.3, -0.25) is 25.2 Å². The predicted octanol–water partition coefficient (Wildman–Crippen LogP) is 1.82. The first-order valence-electron chi connectivity index (χ1n) is 6.30. The van der Waals surface area contributed by atoms with E-state index in [9.17, 15) is 4.79 Å². The van der Waals surface area contributed by atoms with Crippen LogP contribution in [0.1, 0.15) is 16.1 Å². The van der Waals surface area contributed by atoms with Gasteiger partial charge in [0.1, 0.15) is 5.69 Å². The summed E-state index contributed by atoms with van der Waals surface area (Å²) in [6.45, 7) is 1.86. The molecule has 7 heteroatoms. The Morgan fingerprint density at radius 2 is 2.10 bits per heavy atom. The Kier molecular flexibility index (Phi) is 3.38.